The molecule has 128 valence electrons. The molecule has 2 aromatic rings. The molecule has 1 aliphatic rings. The van der Waals surface area contributed by atoms with Gasteiger partial charge in [-0.2, -0.15) is 5.10 Å². The second kappa shape index (κ2) is 7.18. The van der Waals surface area contributed by atoms with Crippen LogP contribution in [0.25, 0.3) is 0 Å². The number of hydrogen-bond donors (Lipinski definition) is 2. The first kappa shape index (κ1) is 16.7. The van der Waals surface area contributed by atoms with Gasteiger partial charge in [0.2, 0.25) is 5.91 Å². The van der Waals surface area contributed by atoms with E-state index in [4.69, 9.17) is 0 Å². The molecule has 0 bridgehead atoms. The van der Waals surface area contributed by atoms with Gasteiger partial charge in [0.1, 0.15) is 0 Å². The monoisotopic (exact) mass is 326 g/mol. The number of nitrogens with zero attached hydrogens (tertiary/aromatic N) is 2. The number of carbonyl (C=O) groups excluding carboxylic acids is 1. The van der Waals surface area contributed by atoms with Gasteiger partial charge in [-0.3, -0.25) is 9.48 Å². The topological polar surface area (TPSA) is 59.0 Å². The van der Waals surface area contributed by atoms with E-state index in [9.17, 15) is 4.79 Å². The van der Waals surface area contributed by atoms with Crippen LogP contribution in [0.1, 0.15) is 38.3 Å². The maximum absolute atomic E-state index is 12.2. The number of amides is 1. The molecule has 2 atom stereocenters. The first-order valence-corrected chi connectivity index (χ1v) is 8.65. The molecule has 0 saturated heterocycles. The summed E-state index contributed by atoms with van der Waals surface area (Å²) in [6.07, 6.45) is 6.02. The third-order valence-electron chi connectivity index (χ3n) is 5.11. The van der Waals surface area contributed by atoms with Gasteiger partial charge in [0, 0.05) is 30.4 Å². The number of benzene rings is 1. The molecular formula is C19H26N4O. The van der Waals surface area contributed by atoms with Crippen molar-refractivity contribution in [3.63, 3.8) is 0 Å². The second-order valence-corrected chi connectivity index (χ2v) is 6.82. The van der Waals surface area contributed by atoms with Crippen LogP contribution in [0.3, 0.4) is 0 Å². The molecular weight excluding hydrogens is 300 g/mol. The molecule has 0 radical (unpaired) electrons. The van der Waals surface area contributed by atoms with E-state index >= 15 is 0 Å². The zero-order valence-electron chi connectivity index (χ0n) is 14.4. The van der Waals surface area contributed by atoms with Crippen molar-refractivity contribution in [3.8, 4) is 0 Å². The standard InChI is InChI=1S/C19H26N4O/c1-15(16(2)23-12-6-11-22-23)20-13-18(24)21-14-19(9-10-19)17-7-4-3-5-8-17/h3-8,11-12,15-16,20H,9-10,13-14H2,1-2H3,(H,21,24)/t15-,16-/m0/s1. The van der Waals surface area contributed by atoms with Crippen LogP contribution in [-0.2, 0) is 10.2 Å². The largest absolute Gasteiger partial charge is 0.354 e. The highest BCUT2D eigenvalue weighted by atomic mass is 16.1. The number of carbonyl (C=O) groups is 1. The van der Waals surface area contributed by atoms with Gasteiger partial charge < -0.3 is 10.6 Å². The first-order chi connectivity index (χ1) is 11.6. The van der Waals surface area contributed by atoms with Crippen molar-refractivity contribution in [1.82, 2.24) is 20.4 Å². The van der Waals surface area contributed by atoms with Gasteiger partial charge >= 0.3 is 0 Å². The Morgan fingerprint density at radius 1 is 1.25 bits per heavy atom. The summed E-state index contributed by atoms with van der Waals surface area (Å²) >= 11 is 0. The third kappa shape index (κ3) is 3.85. The fourth-order valence-corrected chi connectivity index (χ4v) is 3.02. The predicted molar refractivity (Wildman–Crippen MR) is 94.8 cm³/mol. The van der Waals surface area contributed by atoms with E-state index in [1.165, 1.54) is 5.56 Å². The number of nitrogens with one attached hydrogen (secondary N) is 2. The van der Waals surface area contributed by atoms with E-state index in [1.807, 2.05) is 23.0 Å². The van der Waals surface area contributed by atoms with E-state index in [1.54, 1.807) is 6.20 Å². The molecule has 0 aliphatic heterocycles. The molecule has 1 fully saturated rings. The van der Waals surface area contributed by atoms with Crippen LogP contribution >= 0.6 is 0 Å². The zero-order chi connectivity index (χ0) is 17.0. The Balaban J connectivity index is 1.43. The fraction of sp³-hybridized carbons (Fsp3) is 0.474. The molecule has 1 aliphatic carbocycles. The summed E-state index contributed by atoms with van der Waals surface area (Å²) in [7, 11) is 0. The molecule has 1 saturated carbocycles. The maximum Gasteiger partial charge on any atom is 0.233 e. The van der Waals surface area contributed by atoms with E-state index < -0.39 is 0 Å². The lowest BCUT2D eigenvalue weighted by Crippen LogP contribution is -2.43. The smallest absolute Gasteiger partial charge is 0.233 e. The molecule has 2 N–H and O–H groups in total. The average Bonchev–Trinajstić information content (AvgIpc) is 3.21. The first-order valence-electron chi connectivity index (χ1n) is 8.65. The van der Waals surface area contributed by atoms with Crippen LogP contribution in [-0.4, -0.2) is 34.8 Å². The molecule has 1 aromatic heterocycles. The molecule has 3 rings (SSSR count). The molecule has 5 heteroatoms. The summed E-state index contributed by atoms with van der Waals surface area (Å²) in [6.45, 7) is 5.22. The van der Waals surface area contributed by atoms with Crippen LogP contribution in [0, 0.1) is 0 Å². The molecule has 0 unspecified atom stereocenters. The quantitative estimate of drug-likeness (QED) is 0.782. The number of hydrogen-bond acceptors (Lipinski definition) is 3. The number of aromatic nitrogens is 2. The number of rotatable bonds is 8. The Kier molecular flexibility index (Phi) is 5.00. The Hall–Kier alpha value is -2.14. The second-order valence-electron chi connectivity index (χ2n) is 6.82. The predicted octanol–water partition coefficient (Wildman–Crippen LogP) is 2.27. The summed E-state index contributed by atoms with van der Waals surface area (Å²) < 4.78 is 1.91. The van der Waals surface area contributed by atoms with E-state index in [2.05, 4.69) is 53.8 Å². The van der Waals surface area contributed by atoms with Crippen molar-refractivity contribution in [2.75, 3.05) is 13.1 Å². The molecule has 0 spiro atoms. The minimum atomic E-state index is 0.0525. The van der Waals surface area contributed by atoms with Crippen molar-refractivity contribution in [3.05, 3.63) is 54.4 Å². The molecule has 1 heterocycles. The lowest BCUT2D eigenvalue weighted by Gasteiger charge is -2.22. The normalized spacial score (nSPS) is 17.9. The highest BCUT2D eigenvalue weighted by Gasteiger charge is 2.44. The summed E-state index contributed by atoms with van der Waals surface area (Å²) in [5.74, 6) is 0.0525. The lowest BCUT2D eigenvalue weighted by atomic mass is 9.96. The van der Waals surface area contributed by atoms with Crippen LogP contribution in [0.2, 0.25) is 0 Å². The Morgan fingerprint density at radius 2 is 2.00 bits per heavy atom. The van der Waals surface area contributed by atoms with Gasteiger partial charge in [-0.15, -0.1) is 0 Å². The lowest BCUT2D eigenvalue weighted by molar-refractivity contribution is -0.120. The van der Waals surface area contributed by atoms with Crippen molar-refractivity contribution < 1.29 is 4.79 Å². The summed E-state index contributed by atoms with van der Waals surface area (Å²) in [6, 6.07) is 12.8. The third-order valence-corrected chi connectivity index (χ3v) is 5.11. The van der Waals surface area contributed by atoms with Gasteiger partial charge in [-0.25, -0.2) is 0 Å². The minimum Gasteiger partial charge on any atom is -0.354 e. The van der Waals surface area contributed by atoms with Crippen LogP contribution < -0.4 is 10.6 Å². The van der Waals surface area contributed by atoms with Crippen molar-refractivity contribution in [2.45, 2.75) is 44.2 Å². The molecule has 24 heavy (non-hydrogen) atoms. The summed E-state index contributed by atoms with van der Waals surface area (Å²) in [5.41, 5.74) is 1.49. The van der Waals surface area contributed by atoms with Crippen molar-refractivity contribution in [1.29, 1.82) is 0 Å². The van der Waals surface area contributed by atoms with Gasteiger partial charge in [0.05, 0.1) is 12.6 Å². The molecule has 1 aromatic carbocycles. The molecule has 5 nitrogen and oxygen atoms in total. The van der Waals surface area contributed by atoms with Gasteiger partial charge in [-0.05, 0) is 38.3 Å². The Bertz CT molecular complexity index is 649. The van der Waals surface area contributed by atoms with Gasteiger partial charge in [0.25, 0.3) is 0 Å². The van der Waals surface area contributed by atoms with Crippen LogP contribution in [0.4, 0.5) is 0 Å². The Labute approximate surface area is 143 Å². The van der Waals surface area contributed by atoms with Crippen LogP contribution in [0.15, 0.2) is 48.8 Å². The van der Waals surface area contributed by atoms with E-state index in [0.29, 0.717) is 6.54 Å². The van der Waals surface area contributed by atoms with Gasteiger partial charge in [-0.1, -0.05) is 30.3 Å². The SMILES string of the molecule is C[C@H](NCC(=O)NCC1(c2ccccc2)CC1)[C@H](C)n1cccn1. The Morgan fingerprint density at radius 3 is 2.62 bits per heavy atom. The minimum absolute atomic E-state index is 0.0525. The summed E-state index contributed by atoms with van der Waals surface area (Å²) in [4.78, 5) is 12.2. The van der Waals surface area contributed by atoms with E-state index in [-0.39, 0.29) is 23.4 Å². The van der Waals surface area contributed by atoms with Crippen LogP contribution in [0.5, 0.6) is 0 Å². The van der Waals surface area contributed by atoms with Gasteiger partial charge in [0.15, 0.2) is 0 Å². The van der Waals surface area contributed by atoms with Crippen molar-refractivity contribution >= 4 is 5.91 Å². The molecule has 1 amide bonds. The van der Waals surface area contributed by atoms with E-state index in [0.717, 1.165) is 19.4 Å². The zero-order valence-corrected chi connectivity index (χ0v) is 14.4. The highest BCUT2D eigenvalue weighted by molar-refractivity contribution is 5.78. The maximum atomic E-state index is 12.2. The summed E-state index contributed by atoms with van der Waals surface area (Å²) in [5, 5.41) is 10.6. The van der Waals surface area contributed by atoms with Crippen molar-refractivity contribution in [2.24, 2.45) is 0 Å². The fourth-order valence-electron chi connectivity index (χ4n) is 3.02. The highest BCUT2D eigenvalue weighted by Crippen LogP contribution is 2.47. The average molecular weight is 326 g/mol.